The maximum absolute atomic E-state index is 12.5. The Kier molecular flexibility index (Phi) is 6.51. The van der Waals surface area contributed by atoms with Crippen LogP contribution in [-0.2, 0) is 9.53 Å². The molecule has 146 valence electrons. The molecule has 0 aromatic heterocycles. The molecule has 3 N–H and O–H groups in total. The van der Waals surface area contributed by atoms with Crippen molar-refractivity contribution in [3.63, 3.8) is 0 Å². The number of hydrogen-bond donors (Lipinski definition) is 3. The third-order valence-electron chi connectivity index (χ3n) is 4.18. The number of anilines is 1. The first-order valence-corrected chi connectivity index (χ1v) is 8.55. The summed E-state index contributed by atoms with van der Waals surface area (Å²) < 4.78 is 4.93. The van der Waals surface area contributed by atoms with Crippen molar-refractivity contribution in [2.45, 2.75) is 26.3 Å². The lowest BCUT2D eigenvalue weighted by Crippen LogP contribution is -2.46. The molecule has 1 unspecified atom stereocenters. The van der Waals surface area contributed by atoms with Gasteiger partial charge < -0.3 is 20.5 Å². The number of nitrogens with zero attached hydrogens (tertiary/aromatic N) is 1. The Morgan fingerprint density at radius 2 is 1.85 bits per heavy atom. The number of amides is 4. The van der Waals surface area contributed by atoms with Crippen molar-refractivity contribution in [1.29, 1.82) is 0 Å². The first kappa shape index (κ1) is 20.4. The zero-order valence-electron chi connectivity index (χ0n) is 15.4. The number of rotatable bonds is 8. The van der Waals surface area contributed by atoms with Gasteiger partial charge in [-0.3, -0.25) is 14.5 Å². The number of imide groups is 1. The second kappa shape index (κ2) is 8.63. The molecule has 0 aliphatic carbocycles. The fourth-order valence-corrected chi connectivity index (χ4v) is 2.76. The zero-order valence-corrected chi connectivity index (χ0v) is 15.4. The normalized spacial score (nSPS) is 14.3. The van der Waals surface area contributed by atoms with Crippen LogP contribution in [0.4, 0.5) is 10.5 Å². The number of hydrogen-bond acceptors (Lipinski definition) is 5. The zero-order chi connectivity index (χ0) is 20.1. The Hall–Kier alpha value is -2.94. The van der Waals surface area contributed by atoms with Crippen molar-refractivity contribution in [3.05, 3.63) is 29.3 Å². The molecule has 1 aromatic rings. The van der Waals surface area contributed by atoms with Gasteiger partial charge in [-0.2, -0.15) is 0 Å². The van der Waals surface area contributed by atoms with Crippen LogP contribution in [-0.4, -0.2) is 60.1 Å². The van der Waals surface area contributed by atoms with E-state index < -0.39 is 23.9 Å². The van der Waals surface area contributed by atoms with Crippen molar-refractivity contribution < 1.29 is 29.0 Å². The van der Waals surface area contributed by atoms with E-state index in [1.165, 1.54) is 18.2 Å². The van der Waals surface area contributed by atoms with Crippen LogP contribution in [0.5, 0.6) is 0 Å². The lowest BCUT2D eigenvalue weighted by Gasteiger charge is -2.18. The SMILES string of the molecule is COCCCN1C(=O)c2ccc(NC(=O)NC(C(=O)O)C(C)C)cc2C1=O. The summed E-state index contributed by atoms with van der Waals surface area (Å²) in [6.45, 7) is 4.03. The Bertz CT molecular complexity index is 761. The van der Waals surface area contributed by atoms with Crippen molar-refractivity contribution in [2.75, 3.05) is 25.6 Å². The van der Waals surface area contributed by atoms with Crippen LogP contribution in [0.2, 0.25) is 0 Å². The number of fused-ring (bicyclic) bond motifs is 1. The molecule has 0 radical (unpaired) electrons. The molecule has 1 aromatic carbocycles. The largest absolute Gasteiger partial charge is 0.480 e. The lowest BCUT2D eigenvalue weighted by molar-refractivity contribution is -0.140. The number of carbonyl (C=O) groups excluding carboxylic acids is 3. The molecule has 2 rings (SSSR count). The molecule has 0 saturated heterocycles. The minimum Gasteiger partial charge on any atom is -0.480 e. The molecule has 27 heavy (non-hydrogen) atoms. The van der Waals surface area contributed by atoms with E-state index in [9.17, 15) is 19.2 Å². The highest BCUT2D eigenvalue weighted by molar-refractivity contribution is 6.21. The van der Waals surface area contributed by atoms with Gasteiger partial charge in [-0.25, -0.2) is 9.59 Å². The number of ether oxygens (including phenoxy) is 1. The van der Waals surface area contributed by atoms with Gasteiger partial charge in [0, 0.05) is 25.9 Å². The number of aliphatic carboxylic acids is 1. The molecule has 0 saturated carbocycles. The van der Waals surface area contributed by atoms with E-state index in [2.05, 4.69) is 10.6 Å². The Morgan fingerprint density at radius 3 is 2.44 bits per heavy atom. The standard InChI is InChI=1S/C18H23N3O6/c1-10(2)14(17(24)25)20-18(26)19-11-5-6-12-13(9-11)16(23)21(15(12)22)7-4-8-27-3/h5-6,9-10,14H,4,7-8H2,1-3H3,(H,24,25)(H2,19,20,26). The third kappa shape index (κ3) is 4.62. The molecule has 9 nitrogen and oxygen atoms in total. The topological polar surface area (TPSA) is 125 Å². The molecule has 1 atom stereocenters. The summed E-state index contributed by atoms with van der Waals surface area (Å²) in [7, 11) is 1.54. The predicted molar refractivity (Wildman–Crippen MR) is 96.7 cm³/mol. The number of carboxylic acid groups (broad SMARTS) is 1. The number of carbonyl (C=O) groups is 4. The van der Waals surface area contributed by atoms with Gasteiger partial charge in [0.2, 0.25) is 0 Å². The highest BCUT2D eigenvalue weighted by atomic mass is 16.5. The number of nitrogens with one attached hydrogen (secondary N) is 2. The molecule has 9 heteroatoms. The van der Waals surface area contributed by atoms with Gasteiger partial charge in [0.05, 0.1) is 11.1 Å². The summed E-state index contributed by atoms with van der Waals surface area (Å²) in [5.74, 6) is -2.25. The first-order chi connectivity index (χ1) is 12.8. The number of urea groups is 1. The minimum atomic E-state index is -1.14. The highest BCUT2D eigenvalue weighted by Crippen LogP contribution is 2.26. The van der Waals surface area contributed by atoms with Crippen LogP contribution < -0.4 is 10.6 Å². The maximum Gasteiger partial charge on any atom is 0.326 e. The predicted octanol–water partition coefficient (Wildman–Crippen LogP) is 1.55. The first-order valence-electron chi connectivity index (χ1n) is 8.55. The average Bonchev–Trinajstić information content (AvgIpc) is 2.84. The monoisotopic (exact) mass is 377 g/mol. The van der Waals surface area contributed by atoms with Crippen LogP contribution >= 0.6 is 0 Å². The molecule has 1 aliphatic heterocycles. The molecule has 1 aliphatic rings. The molecule has 1 heterocycles. The van der Waals surface area contributed by atoms with Crippen LogP contribution in [0.25, 0.3) is 0 Å². The molecular formula is C18H23N3O6. The highest BCUT2D eigenvalue weighted by Gasteiger charge is 2.35. The van der Waals surface area contributed by atoms with Gasteiger partial charge in [-0.1, -0.05) is 13.8 Å². The molecule has 4 amide bonds. The van der Waals surface area contributed by atoms with Crippen LogP contribution in [0.15, 0.2) is 18.2 Å². The maximum atomic E-state index is 12.5. The number of benzene rings is 1. The number of methoxy groups -OCH3 is 1. The summed E-state index contributed by atoms with van der Waals surface area (Å²) in [6, 6.07) is 2.63. The molecule has 0 fully saturated rings. The fourth-order valence-electron chi connectivity index (χ4n) is 2.76. The van der Waals surface area contributed by atoms with Crippen LogP contribution in [0.1, 0.15) is 41.0 Å². The Morgan fingerprint density at radius 1 is 1.19 bits per heavy atom. The third-order valence-corrected chi connectivity index (χ3v) is 4.18. The fraction of sp³-hybridized carbons (Fsp3) is 0.444. The van der Waals surface area contributed by atoms with Crippen molar-refractivity contribution >= 4 is 29.5 Å². The second-order valence-corrected chi connectivity index (χ2v) is 6.53. The number of carboxylic acids is 1. The molecule has 0 bridgehead atoms. The average molecular weight is 377 g/mol. The lowest BCUT2D eigenvalue weighted by atomic mass is 10.1. The summed E-state index contributed by atoms with van der Waals surface area (Å²) in [6.07, 6.45) is 0.529. The van der Waals surface area contributed by atoms with Gasteiger partial charge in [0.1, 0.15) is 6.04 Å². The quantitative estimate of drug-likeness (QED) is 0.466. The van der Waals surface area contributed by atoms with E-state index in [0.29, 0.717) is 18.7 Å². The van der Waals surface area contributed by atoms with Crippen molar-refractivity contribution in [2.24, 2.45) is 5.92 Å². The van der Waals surface area contributed by atoms with Gasteiger partial charge in [-0.05, 0) is 30.5 Å². The molecular weight excluding hydrogens is 354 g/mol. The summed E-state index contributed by atoms with van der Waals surface area (Å²) >= 11 is 0. The Labute approximate surface area is 156 Å². The van der Waals surface area contributed by atoms with Crippen molar-refractivity contribution in [3.8, 4) is 0 Å². The van der Waals surface area contributed by atoms with E-state index in [4.69, 9.17) is 9.84 Å². The molecule has 0 spiro atoms. The van der Waals surface area contributed by atoms with Crippen molar-refractivity contribution in [1.82, 2.24) is 10.2 Å². The summed E-state index contributed by atoms with van der Waals surface area (Å²) in [5, 5.41) is 14.0. The second-order valence-electron chi connectivity index (χ2n) is 6.53. The van der Waals surface area contributed by atoms with E-state index >= 15 is 0 Å². The Balaban J connectivity index is 2.09. The summed E-state index contributed by atoms with van der Waals surface area (Å²) in [5.41, 5.74) is 0.766. The van der Waals surface area contributed by atoms with E-state index in [0.717, 1.165) is 4.90 Å². The van der Waals surface area contributed by atoms with Gasteiger partial charge in [0.25, 0.3) is 11.8 Å². The summed E-state index contributed by atoms with van der Waals surface area (Å²) in [4.78, 5) is 49.2. The van der Waals surface area contributed by atoms with Crippen LogP contribution in [0.3, 0.4) is 0 Å². The van der Waals surface area contributed by atoms with Gasteiger partial charge >= 0.3 is 12.0 Å². The van der Waals surface area contributed by atoms with E-state index in [-0.39, 0.29) is 29.5 Å². The minimum absolute atomic E-state index is 0.203. The van der Waals surface area contributed by atoms with E-state index in [1.807, 2.05) is 0 Å². The van der Waals surface area contributed by atoms with Gasteiger partial charge in [-0.15, -0.1) is 0 Å². The van der Waals surface area contributed by atoms with Gasteiger partial charge in [0.15, 0.2) is 0 Å². The van der Waals surface area contributed by atoms with E-state index in [1.54, 1.807) is 21.0 Å². The smallest absolute Gasteiger partial charge is 0.326 e. The van der Waals surface area contributed by atoms with Crippen LogP contribution in [0, 0.1) is 5.92 Å².